The molecule has 5 rings (SSSR count). The number of nitrogens with two attached hydrogens (primary N) is 2. The van der Waals surface area contributed by atoms with Crippen LogP contribution in [0.3, 0.4) is 0 Å². The third-order valence-electron chi connectivity index (χ3n) is 15.3. The van der Waals surface area contributed by atoms with Crippen molar-refractivity contribution in [1.82, 2.24) is 63.5 Å². The van der Waals surface area contributed by atoms with Crippen molar-refractivity contribution >= 4 is 107 Å². The SMILES string of the molecule is C[C@@H](O)[C@H](NC(=O)[C@H](Cc1ccccc1)NC(=O)[C@@H](NC(=O)[C@H](CCCCN)NC(=O)[C@H](Cc1c[nH]c2ccccc12)NC(=O)[C@H](Cc1ccccc1)NC(=O)[C@H](Cc1ccccc1)NC(=O)[C@H](CC(N)=O)NC(=O)CNC(=O)CCS)[C@@H](C)O)C(=O)N[C@@H](CO)C(=O)NCCS. The summed E-state index contributed by atoms with van der Waals surface area (Å²) < 4.78 is 0. The number of fused-ring (bicyclic) bond motifs is 1. The van der Waals surface area contributed by atoms with E-state index < -0.39 is 157 Å². The number of thiol groups is 2. The van der Waals surface area contributed by atoms with Crippen LogP contribution in [0.2, 0.25) is 0 Å². The predicted molar refractivity (Wildman–Crippen MR) is 365 cm³/mol. The first-order valence-electron chi connectivity index (χ1n) is 31.6. The Balaban J connectivity index is 1.46. The van der Waals surface area contributed by atoms with Crippen molar-refractivity contribution in [1.29, 1.82) is 0 Å². The topological polar surface area (TPSA) is 466 Å². The van der Waals surface area contributed by atoms with E-state index in [4.69, 9.17) is 11.5 Å². The third-order valence-corrected chi connectivity index (χ3v) is 15.7. The minimum absolute atomic E-state index is 0.00623. The molecule has 29 nitrogen and oxygen atoms in total. The molecule has 1 heterocycles. The van der Waals surface area contributed by atoms with E-state index in [9.17, 15) is 63.3 Å². The molecule has 0 fully saturated rings. The second-order valence-electron chi connectivity index (χ2n) is 23.0. The van der Waals surface area contributed by atoms with Gasteiger partial charge in [0.05, 0.1) is 31.8 Å². The highest BCUT2D eigenvalue weighted by atomic mass is 32.1. The van der Waals surface area contributed by atoms with Crippen LogP contribution in [0.25, 0.3) is 10.9 Å². The van der Waals surface area contributed by atoms with Crippen molar-refractivity contribution in [3.05, 3.63) is 144 Å². The number of unbranched alkanes of at least 4 members (excludes halogenated alkanes) is 1. The van der Waals surface area contributed by atoms with Crippen LogP contribution in [0, 0.1) is 0 Å². The van der Waals surface area contributed by atoms with E-state index in [-0.39, 0.29) is 69.5 Å². The molecule has 5 aromatic rings. The van der Waals surface area contributed by atoms with Gasteiger partial charge < -0.3 is 90.3 Å². The van der Waals surface area contributed by atoms with E-state index in [1.165, 1.54) is 13.8 Å². The Morgan fingerprint density at radius 2 is 0.887 bits per heavy atom. The van der Waals surface area contributed by atoms with Gasteiger partial charge in [0.1, 0.15) is 54.4 Å². The number of benzene rings is 4. The fourth-order valence-electron chi connectivity index (χ4n) is 10.1. The summed E-state index contributed by atoms with van der Waals surface area (Å²) in [4.78, 5) is 169. The smallest absolute Gasteiger partial charge is 0.245 e. The normalized spacial score (nSPS) is 14.5. The van der Waals surface area contributed by atoms with E-state index >= 15 is 9.59 Å². The van der Waals surface area contributed by atoms with Crippen LogP contribution in [0.1, 0.15) is 68.2 Å². The van der Waals surface area contributed by atoms with Crippen molar-refractivity contribution in [2.45, 2.75) is 138 Å². The lowest BCUT2D eigenvalue weighted by Crippen LogP contribution is -2.63. The zero-order chi connectivity index (χ0) is 71.0. The number of aliphatic hydroxyl groups excluding tert-OH is 3. The second kappa shape index (κ2) is 40.9. The van der Waals surface area contributed by atoms with Gasteiger partial charge in [0.25, 0.3) is 0 Å². The number of primary amides is 1. The molecule has 0 spiro atoms. The molecule has 0 radical (unpaired) electrons. The van der Waals surface area contributed by atoms with Gasteiger partial charge in [0.15, 0.2) is 0 Å². The zero-order valence-electron chi connectivity index (χ0n) is 53.8. The van der Waals surface area contributed by atoms with Crippen LogP contribution in [-0.4, -0.2) is 196 Å². The molecule has 11 atom stereocenters. The molecule has 0 aliphatic heterocycles. The molecule has 0 saturated heterocycles. The maximum atomic E-state index is 15.1. The fourth-order valence-corrected chi connectivity index (χ4v) is 10.4. The molecule has 1 aromatic heterocycles. The van der Waals surface area contributed by atoms with Crippen LogP contribution in [0.5, 0.6) is 0 Å². The summed E-state index contributed by atoms with van der Waals surface area (Å²) in [5.41, 5.74) is 14.2. The minimum Gasteiger partial charge on any atom is -0.394 e. The Morgan fingerprint density at radius 3 is 1.34 bits per heavy atom. The van der Waals surface area contributed by atoms with Gasteiger partial charge in [-0.1, -0.05) is 109 Å². The van der Waals surface area contributed by atoms with Gasteiger partial charge in [-0.3, -0.25) is 57.5 Å². The monoisotopic (exact) mass is 1380 g/mol. The van der Waals surface area contributed by atoms with Gasteiger partial charge in [-0.15, -0.1) is 0 Å². The molecule has 4 aromatic carbocycles. The van der Waals surface area contributed by atoms with Gasteiger partial charge in [-0.2, -0.15) is 25.3 Å². The van der Waals surface area contributed by atoms with Gasteiger partial charge in [-0.05, 0) is 73.7 Å². The Labute approximate surface area is 571 Å². The average molecular weight is 1380 g/mol. The zero-order valence-corrected chi connectivity index (χ0v) is 55.6. The lowest BCUT2D eigenvalue weighted by Gasteiger charge is -2.29. The molecule has 19 N–H and O–H groups in total. The molecule has 97 heavy (non-hydrogen) atoms. The summed E-state index contributed by atoms with van der Waals surface area (Å²) in [6.45, 7) is 1.22. The number of hydrogen-bond acceptors (Lipinski definition) is 18. The minimum atomic E-state index is -1.83. The van der Waals surface area contributed by atoms with E-state index in [0.717, 1.165) is 0 Å². The molecule has 0 aliphatic carbocycles. The van der Waals surface area contributed by atoms with Gasteiger partial charge in [0.2, 0.25) is 70.9 Å². The number of aromatic amines is 1. The van der Waals surface area contributed by atoms with Crippen molar-refractivity contribution in [2.24, 2.45) is 11.5 Å². The number of carbonyl (C=O) groups is 12. The Kier molecular flexibility index (Phi) is 33.0. The third kappa shape index (κ3) is 26.3. The molecule has 31 heteroatoms. The molecular weight excluding hydrogens is 1290 g/mol. The maximum Gasteiger partial charge on any atom is 0.245 e. The largest absolute Gasteiger partial charge is 0.394 e. The fraction of sp³-hybridized carbons (Fsp3) is 0.424. The average Bonchev–Trinajstić information content (AvgIpc) is 1.78. The van der Waals surface area contributed by atoms with Crippen LogP contribution < -0.4 is 70.0 Å². The number of aliphatic hydroxyl groups is 3. The standard InChI is InChI=1S/C66H88N14O15S2/c1-38(82)56(65(94)77-49(32-42-20-10-5-11-21-42)64(93)80-57(39(2)83)66(95)78-52(37-81)58(87)69-27-29-97)79-59(88)46(24-14-15-26-67)73-62(91)50(33-43-35-70-45-23-13-12-22-44(43)45)76-61(90)48(31-41-18-8-4-9-19-41)74-60(89)47(30-40-16-6-3-7-17-40)75-63(92)51(34-53(68)84)72-55(86)36-71-54(85)25-28-96/h3-13,16-23,35,38-39,46-52,56-57,70,81-83,96-97H,14-15,24-34,36-37,67H2,1-2H3,(H2,68,84)(H,69,87)(H,71,85)(H,72,86)(H,73,91)(H,74,89)(H,75,92)(H,76,90)(H,77,94)(H,78,95)(H,79,88)(H,80,93)/t38-,39-,46+,47+,48+,49+,50+,51+,52+,56+,57+/m1/s1. The predicted octanol–water partition coefficient (Wildman–Crippen LogP) is -2.96. The summed E-state index contributed by atoms with van der Waals surface area (Å²) in [6.07, 6.45) is -2.72. The lowest BCUT2D eigenvalue weighted by molar-refractivity contribution is -0.138. The summed E-state index contributed by atoms with van der Waals surface area (Å²) in [5.74, 6) is -10.6. The van der Waals surface area contributed by atoms with Crippen molar-refractivity contribution < 1.29 is 72.9 Å². The summed E-state index contributed by atoms with van der Waals surface area (Å²) in [6, 6.07) is 18.0. The van der Waals surface area contributed by atoms with E-state index in [1.54, 1.807) is 121 Å². The first-order valence-corrected chi connectivity index (χ1v) is 32.8. The Bertz CT molecular complexity index is 3440. The number of rotatable bonds is 41. The molecule has 0 bridgehead atoms. The summed E-state index contributed by atoms with van der Waals surface area (Å²) in [5, 5.41) is 60.3. The lowest BCUT2D eigenvalue weighted by atomic mass is 10.00. The number of amides is 12. The highest BCUT2D eigenvalue weighted by Gasteiger charge is 2.38. The van der Waals surface area contributed by atoms with E-state index in [2.05, 4.69) is 88.7 Å². The van der Waals surface area contributed by atoms with Crippen LogP contribution in [-0.2, 0) is 83.2 Å². The molecular formula is C66H88N14O15S2. The highest BCUT2D eigenvalue weighted by molar-refractivity contribution is 7.80. The van der Waals surface area contributed by atoms with Gasteiger partial charge in [0, 0.05) is 61.5 Å². The molecule has 12 amide bonds. The van der Waals surface area contributed by atoms with Gasteiger partial charge >= 0.3 is 0 Å². The molecule has 524 valence electrons. The molecule has 0 unspecified atom stereocenters. The second-order valence-corrected chi connectivity index (χ2v) is 23.9. The van der Waals surface area contributed by atoms with Crippen LogP contribution in [0.4, 0.5) is 0 Å². The molecule has 0 aliphatic rings. The number of H-pyrrole nitrogens is 1. The van der Waals surface area contributed by atoms with Crippen LogP contribution >= 0.6 is 25.3 Å². The number of hydrogen-bond donors (Lipinski definition) is 19. The van der Waals surface area contributed by atoms with Crippen molar-refractivity contribution in [3.8, 4) is 0 Å². The summed E-state index contributed by atoms with van der Waals surface area (Å²) in [7, 11) is 0. The van der Waals surface area contributed by atoms with Crippen molar-refractivity contribution in [2.75, 3.05) is 37.7 Å². The number of aromatic nitrogens is 1. The Hall–Kier alpha value is -9.40. The number of nitrogens with one attached hydrogen (secondary N) is 12. The molecule has 0 saturated carbocycles. The van der Waals surface area contributed by atoms with Gasteiger partial charge in [-0.25, -0.2) is 0 Å². The number of para-hydroxylation sites is 1. The number of carbonyl (C=O) groups excluding carboxylic acids is 12. The maximum absolute atomic E-state index is 15.1. The van der Waals surface area contributed by atoms with E-state index in [1.807, 2.05) is 0 Å². The highest BCUT2D eigenvalue weighted by Crippen LogP contribution is 2.20. The van der Waals surface area contributed by atoms with Crippen molar-refractivity contribution in [3.63, 3.8) is 0 Å². The first-order chi connectivity index (χ1) is 46.4. The van der Waals surface area contributed by atoms with E-state index in [0.29, 0.717) is 39.6 Å². The van der Waals surface area contributed by atoms with Crippen LogP contribution in [0.15, 0.2) is 121 Å². The quantitative estimate of drug-likeness (QED) is 0.0137. The summed E-state index contributed by atoms with van der Waals surface area (Å²) >= 11 is 8.04. The first kappa shape index (κ1) is 78.3. The Morgan fingerprint density at radius 1 is 0.464 bits per heavy atom.